The molecule has 1 aromatic heterocycles. The molecule has 1 amide bonds. The number of hydrogen-bond acceptors (Lipinski definition) is 6. The Bertz CT molecular complexity index is 672. The van der Waals surface area contributed by atoms with Crippen LogP contribution >= 0.6 is 11.8 Å². The zero-order valence-corrected chi connectivity index (χ0v) is 15.9. The summed E-state index contributed by atoms with van der Waals surface area (Å²) in [7, 11) is 1.64. The van der Waals surface area contributed by atoms with E-state index < -0.39 is 0 Å². The van der Waals surface area contributed by atoms with Gasteiger partial charge in [-0.25, -0.2) is 4.68 Å². The first-order valence-corrected chi connectivity index (χ1v) is 9.21. The normalized spacial score (nSPS) is 12.2. The third kappa shape index (κ3) is 6.04. The summed E-state index contributed by atoms with van der Waals surface area (Å²) in [5.74, 6) is 1.38. The van der Waals surface area contributed by atoms with E-state index in [2.05, 4.69) is 34.7 Å². The van der Waals surface area contributed by atoms with E-state index in [9.17, 15) is 4.79 Å². The van der Waals surface area contributed by atoms with Crippen LogP contribution in [0.3, 0.4) is 0 Å². The van der Waals surface area contributed by atoms with E-state index >= 15 is 0 Å². The highest BCUT2D eigenvalue weighted by atomic mass is 32.2. The first kappa shape index (κ1) is 19.2. The second-order valence-electron chi connectivity index (χ2n) is 6.20. The van der Waals surface area contributed by atoms with Gasteiger partial charge in [0.25, 0.3) is 0 Å². The number of benzene rings is 1. The van der Waals surface area contributed by atoms with Gasteiger partial charge in [-0.1, -0.05) is 37.7 Å². The lowest BCUT2D eigenvalue weighted by molar-refractivity contribution is -0.120. The van der Waals surface area contributed by atoms with Gasteiger partial charge in [-0.05, 0) is 47.4 Å². The Morgan fingerprint density at radius 1 is 1.28 bits per heavy atom. The minimum Gasteiger partial charge on any atom is -0.497 e. The molecular formula is C17H25N5O2S. The van der Waals surface area contributed by atoms with E-state index in [1.54, 1.807) is 11.8 Å². The number of aromatic nitrogens is 4. The van der Waals surface area contributed by atoms with Crippen LogP contribution in [0.1, 0.15) is 32.8 Å². The second-order valence-corrected chi connectivity index (χ2v) is 7.51. The van der Waals surface area contributed by atoms with Crippen molar-refractivity contribution in [3.05, 3.63) is 29.8 Å². The van der Waals surface area contributed by atoms with Crippen molar-refractivity contribution in [2.24, 2.45) is 5.92 Å². The molecule has 0 aliphatic heterocycles. The van der Waals surface area contributed by atoms with Gasteiger partial charge in [-0.15, -0.1) is 5.10 Å². The molecule has 1 N–H and O–H groups in total. The van der Waals surface area contributed by atoms with Crippen LogP contribution in [-0.4, -0.2) is 45.0 Å². The lowest BCUT2D eigenvalue weighted by Gasteiger charge is -2.12. The molecule has 25 heavy (non-hydrogen) atoms. The van der Waals surface area contributed by atoms with Crippen LogP contribution in [0.4, 0.5) is 0 Å². The third-order valence-corrected chi connectivity index (χ3v) is 4.73. The summed E-state index contributed by atoms with van der Waals surface area (Å²) >= 11 is 1.36. The second kappa shape index (κ2) is 9.41. The minimum absolute atomic E-state index is 0.00430. The lowest BCUT2D eigenvalue weighted by atomic mass is 10.1. The molecule has 0 saturated heterocycles. The number of nitrogens with one attached hydrogen (secondary N) is 1. The van der Waals surface area contributed by atoms with Crippen molar-refractivity contribution in [2.45, 2.75) is 44.1 Å². The predicted molar refractivity (Wildman–Crippen MR) is 97.7 cm³/mol. The molecule has 1 atom stereocenters. The zero-order chi connectivity index (χ0) is 18.2. The number of carbonyl (C=O) groups excluding carboxylic acids is 1. The predicted octanol–water partition coefficient (Wildman–Crippen LogP) is 2.37. The first-order chi connectivity index (χ1) is 12.0. The van der Waals surface area contributed by atoms with Crippen molar-refractivity contribution in [1.82, 2.24) is 25.5 Å². The molecule has 0 aliphatic rings. The van der Waals surface area contributed by atoms with Gasteiger partial charge in [0.15, 0.2) is 0 Å². The Morgan fingerprint density at radius 3 is 2.64 bits per heavy atom. The van der Waals surface area contributed by atoms with Crippen LogP contribution in [0.5, 0.6) is 5.75 Å². The average Bonchev–Trinajstić information content (AvgIpc) is 3.02. The van der Waals surface area contributed by atoms with Gasteiger partial charge in [0.1, 0.15) is 5.75 Å². The maximum atomic E-state index is 12.2. The van der Waals surface area contributed by atoms with E-state index in [4.69, 9.17) is 4.74 Å². The molecule has 7 nitrogen and oxygen atoms in total. The molecule has 0 bridgehead atoms. The fourth-order valence-corrected chi connectivity index (χ4v) is 2.94. The maximum absolute atomic E-state index is 12.2. The van der Waals surface area contributed by atoms with Gasteiger partial charge in [-0.2, -0.15) is 0 Å². The summed E-state index contributed by atoms with van der Waals surface area (Å²) in [5.41, 5.74) is 1.06. The highest BCUT2D eigenvalue weighted by Crippen LogP contribution is 2.21. The van der Waals surface area contributed by atoms with E-state index in [1.807, 2.05) is 31.2 Å². The number of amides is 1. The summed E-state index contributed by atoms with van der Waals surface area (Å²) in [5, 5.41) is 15.1. The Kier molecular flexibility index (Phi) is 7.24. The number of methoxy groups -OCH3 is 1. The molecule has 8 heteroatoms. The highest BCUT2D eigenvalue weighted by molar-refractivity contribution is 8.00. The Balaban J connectivity index is 1.92. The molecule has 0 spiro atoms. The molecule has 0 saturated carbocycles. The van der Waals surface area contributed by atoms with Crippen molar-refractivity contribution >= 4 is 17.7 Å². The molecule has 1 aromatic carbocycles. The third-order valence-electron chi connectivity index (χ3n) is 3.66. The average molecular weight is 363 g/mol. The first-order valence-electron chi connectivity index (χ1n) is 8.33. The molecule has 136 valence electrons. The molecule has 0 fully saturated rings. The van der Waals surface area contributed by atoms with E-state index in [0.717, 1.165) is 17.7 Å². The SMILES string of the molecule is COc1ccc(Cn2nnnc2SC(C)C(=O)NCCC(C)C)cc1. The summed E-state index contributed by atoms with van der Waals surface area (Å²) in [6.07, 6.45) is 0.971. The lowest BCUT2D eigenvalue weighted by Crippen LogP contribution is -2.32. The van der Waals surface area contributed by atoms with Crippen LogP contribution in [-0.2, 0) is 11.3 Å². The van der Waals surface area contributed by atoms with E-state index in [1.165, 1.54) is 11.8 Å². The van der Waals surface area contributed by atoms with Crippen molar-refractivity contribution in [3.63, 3.8) is 0 Å². The van der Waals surface area contributed by atoms with Crippen molar-refractivity contribution in [3.8, 4) is 5.75 Å². The summed E-state index contributed by atoms with van der Waals surface area (Å²) in [6, 6.07) is 7.74. The number of thioether (sulfide) groups is 1. The monoisotopic (exact) mass is 363 g/mol. The number of carbonyl (C=O) groups is 1. The van der Waals surface area contributed by atoms with Crippen LogP contribution < -0.4 is 10.1 Å². The number of nitrogens with zero attached hydrogens (tertiary/aromatic N) is 4. The van der Waals surface area contributed by atoms with Gasteiger partial charge in [-0.3, -0.25) is 4.79 Å². The largest absolute Gasteiger partial charge is 0.497 e. The summed E-state index contributed by atoms with van der Waals surface area (Å²) in [4.78, 5) is 12.2. The Labute approximate surface area is 152 Å². The van der Waals surface area contributed by atoms with E-state index in [0.29, 0.717) is 24.2 Å². The molecular weight excluding hydrogens is 338 g/mol. The highest BCUT2D eigenvalue weighted by Gasteiger charge is 2.18. The molecule has 2 aromatic rings. The number of hydrogen-bond donors (Lipinski definition) is 1. The van der Waals surface area contributed by atoms with Gasteiger partial charge in [0.05, 0.1) is 18.9 Å². The van der Waals surface area contributed by atoms with Crippen LogP contribution in [0.2, 0.25) is 0 Å². The van der Waals surface area contributed by atoms with Crippen LogP contribution in [0, 0.1) is 5.92 Å². The van der Waals surface area contributed by atoms with Crippen LogP contribution in [0.25, 0.3) is 0 Å². The molecule has 0 radical (unpaired) electrons. The maximum Gasteiger partial charge on any atom is 0.233 e. The number of rotatable bonds is 9. The Hall–Kier alpha value is -2.09. The fraction of sp³-hybridized carbons (Fsp3) is 0.529. The number of ether oxygens (including phenoxy) is 1. The Morgan fingerprint density at radius 2 is 2.00 bits per heavy atom. The van der Waals surface area contributed by atoms with E-state index in [-0.39, 0.29) is 11.2 Å². The molecule has 2 rings (SSSR count). The fourth-order valence-electron chi connectivity index (χ4n) is 2.12. The number of tetrazole rings is 1. The summed E-state index contributed by atoms with van der Waals surface area (Å²) < 4.78 is 6.86. The van der Waals surface area contributed by atoms with Gasteiger partial charge >= 0.3 is 0 Å². The quantitative estimate of drug-likeness (QED) is 0.689. The molecule has 1 unspecified atom stereocenters. The zero-order valence-electron chi connectivity index (χ0n) is 15.1. The van der Waals surface area contributed by atoms with Crippen molar-refractivity contribution in [2.75, 3.05) is 13.7 Å². The smallest absolute Gasteiger partial charge is 0.233 e. The summed E-state index contributed by atoms with van der Waals surface area (Å²) in [6.45, 7) is 7.37. The minimum atomic E-state index is -0.257. The van der Waals surface area contributed by atoms with Crippen LogP contribution in [0.15, 0.2) is 29.4 Å². The molecule has 0 aliphatic carbocycles. The van der Waals surface area contributed by atoms with Gasteiger partial charge in [0.2, 0.25) is 11.1 Å². The standard InChI is InChI=1S/C17H25N5O2S/c1-12(2)9-10-18-16(23)13(3)25-17-19-20-21-22(17)11-14-5-7-15(24-4)8-6-14/h5-8,12-13H,9-11H2,1-4H3,(H,18,23). The van der Waals surface area contributed by atoms with Crippen molar-refractivity contribution in [1.29, 1.82) is 0 Å². The van der Waals surface area contributed by atoms with Crippen molar-refractivity contribution < 1.29 is 9.53 Å². The van der Waals surface area contributed by atoms with Gasteiger partial charge < -0.3 is 10.1 Å². The molecule has 1 heterocycles. The topological polar surface area (TPSA) is 81.9 Å². The van der Waals surface area contributed by atoms with Gasteiger partial charge in [0, 0.05) is 6.54 Å².